The summed E-state index contributed by atoms with van der Waals surface area (Å²) in [5.41, 5.74) is 2.20. The Hall–Kier alpha value is -2.91. The van der Waals surface area contributed by atoms with E-state index in [1.807, 2.05) is 24.3 Å². The zero-order chi connectivity index (χ0) is 19.5. The number of ether oxygens (including phenoxy) is 1. The molecule has 0 amide bonds. The number of nitrogens with zero attached hydrogens (tertiary/aromatic N) is 2. The van der Waals surface area contributed by atoms with Crippen molar-refractivity contribution in [3.63, 3.8) is 0 Å². The van der Waals surface area contributed by atoms with Crippen molar-refractivity contribution >= 4 is 33.2 Å². The van der Waals surface area contributed by atoms with Crippen LogP contribution in [0.4, 0.5) is 0 Å². The van der Waals surface area contributed by atoms with Crippen LogP contribution >= 0.6 is 11.3 Å². The molecule has 28 heavy (non-hydrogen) atoms. The largest absolute Gasteiger partial charge is 0.494 e. The van der Waals surface area contributed by atoms with Crippen LogP contribution in [0.25, 0.3) is 21.9 Å². The van der Waals surface area contributed by atoms with Crippen LogP contribution in [0.1, 0.15) is 48.0 Å². The number of aromatic amines is 1. The summed E-state index contributed by atoms with van der Waals surface area (Å²) in [6.07, 6.45) is 6.91. The van der Waals surface area contributed by atoms with Gasteiger partial charge in [-0.3, -0.25) is 4.79 Å². The van der Waals surface area contributed by atoms with Gasteiger partial charge in [-0.05, 0) is 61.4 Å². The van der Waals surface area contributed by atoms with Crippen molar-refractivity contribution in [3.8, 4) is 11.8 Å². The number of rotatable bonds is 5. The second-order valence-corrected chi connectivity index (χ2v) is 7.98. The highest BCUT2D eigenvalue weighted by molar-refractivity contribution is 7.18. The van der Waals surface area contributed by atoms with E-state index in [1.165, 1.54) is 4.88 Å². The molecule has 2 aromatic heterocycles. The number of nitrogens with one attached hydrogen (secondary N) is 1. The van der Waals surface area contributed by atoms with Crippen molar-refractivity contribution in [2.45, 2.75) is 39.0 Å². The molecule has 0 radical (unpaired) electrons. The highest BCUT2D eigenvalue weighted by atomic mass is 32.1. The van der Waals surface area contributed by atoms with E-state index in [4.69, 9.17) is 4.74 Å². The highest BCUT2D eigenvalue weighted by Gasteiger charge is 2.20. The number of hydrogen-bond donors (Lipinski definition) is 1. The van der Waals surface area contributed by atoms with Crippen LogP contribution in [0.5, 0.6) is 5.75 Å². The first kappa shape index (κ1) is 18.5. The fourth-order valence-electron chi connectivity index (χ4n) is 3.49. The summed E-state index contributed by atoms with van der Waals surface area (Å²) < 4.78 is 5.59. The van der Waals surface area contributed by atoms with Crippen molar-refractivity contribution in [3.05, 3.63) is 56.4 Å². The Morgan fingerprint density at radius 3 is 2.86 bits per heavy atom. The van der Waals surface area contributed by atoms with Gasteiger partial charge in [-0.25, -0.2) is 4.98 Å². The zero-order valence-corrected chi connectivity index (χ0v) is 16.6. The predicted molar refractivity (Wildman–Crippen MR) is 113 cm³/mol. The van der Waals surface area contributed by atoms with Crippen LogP contribution in [0.15, 0.2) is 29.1 Å². The van der Waals surface area contributed by atoms with E-state index < -0.39 is 0 Å². The third-order valence-electron chi connectivity index (χ3n) is 4.86. The normalized spacial score (nSPS) is 13.9. The first-order valence-electron chi connectivity index (χ1n) is 9.59. The number of nitriles is 1. The maximum Gasteiger partial charge on any atom is 0.260 e. The van der Waals surface area contributed by atoms with Gasteiger partial charge in [0.25, 0.3) is 5.56 Å². The molecule has 0 bridgehead atoms. The smallest absolute Gasteiger partial charge is 0.260 e. The van der Waals surface area contributed by atoms with Gasteiger partial charge in [0.15, 0.2) is 5.82 Å². The summed E-state index contributed by atoms with van der Waals surface area (Å²) >= 11 is 1.59. The molecule has 1 aliphatic carbocycles. The Morgan fingerprint density at radius 1 is 1.32 bits per heavy atom. The monoisotopic (exact) mass is 391 g/mol. The lowest BCUT2D eigenvalue weighted by Gasteiger charge is -2.09. The molecule has 0 atom stereocenters. The predicted octanol–water partition coefficient (Wildman–Crippen LogP) is 4.72. The Kier molecular flexibility index (Phi) is 5.27. The maximum atomic E-state index is 12.7. The molecule has 0 saturated heterocycles. The second kappa shape index (κ2) is 7.99. The summed E-state index contributed by atoms with van der Waals surface area (Å²) in [7, 11) is 0. The number of aryl methyl sites for hydroxylation is 2. The van der Waals surface area contributed by atoms with Crippen LogP contribution in [0.3, 0.4) is 0 Å². The molecule has 2 heterocycles. The molecule has 0 saturated carbocycles. The van der Waals surface area contributed by atoms with Gasteiger partial charge >= 0.3 is 0 Å². The van der Waals surface area contributed by atoms with Crippen molar-refractivity contribution in [1.82, 2.24) is 9.97 Å². The fourth-order valence-corrected chi connectivity index (χ4v) is 4.75. The molecule has 1 aromatic carbocycles. The minimum absolute atomic E-state index is 0.149. The number of benzene rings is 1. The summed E-state index contributed by atoms with van der Waals surface area (Å²) in [6, 6.07) is 9.71. The Labute approximate surface area is 167 Å². The molecule has 142 valence electrons. The van der Waals surface area contributed by atoms with Crippen molar-refractivity contribution in [2.75, 3.05) is 6.61 Å². The number of hydrogen-bond acceptors (Lipinski definition) is 5. The minimum atomic E-state index is -0.149. The molecule has 1 aliphatic rings. The molecule has 4 rings (SSSR count). The maximum absolute atomic E-state index is 12.7. The molecule has 5 nitrogen and oxygen atoms in total. The molecule has 6 heteroatoms. The van der Waals surface area contributed by atoms with E-state index in [0.717, 1.165) is 53.8 Å². The van der Waals surface area contributed by atoms with Gasteiger partial charge in [0, 0.05) is 4.88 Å². The molecular weight excluding hydrogens is 370 g/mol. The van der Waals surface area contributed by atoms with Crippen LogP contribution in [-0.4, -0.2) is 16.6 Å². The van der Waals surface area contributed by atoms with E-state index in [1.54, 1.807) is 17.4 Å². The van der Waals surface area contributed by atoms with Crippen LogP contribution in [-0.2, 0) is 12.8 Å². The number of allylic oxidation sites excluding steroid dienone is 1. The number of fused-ring (bicyclic) bond motifs is 3. The summed E-state index contributed by atoms with van der Waals surface area (Å²) in [6.45, 7) is 2.74. The van der Waals surface area contributed by atoms with Crippen molar-refractivity contribution < 1.29 is 4.74 Å². The first-order valence-corrected chi connectivity index (χ1v) is 10.4. The minimum Gasteiger partial charge on any atom is -0.494 e. The SMILES string of the molecule is CCCOc1ccc(/C=C(\C#N)c2nc3sc4c(c3c(=O)[nH]2)CCCC4)cc1. The van der Waals surface area contributed by atoms with E-state index in [-0.39, 0.29) is 5.56 Å². The lowest BCUT2D eigenvalue weighted by Crippen LogP contribution is -2.12. The molecule has 0 spiro atoms. The first-order chi connectivity index (χ1) is 13.7. The molecule has 0 fully saturated rings. The van der Waals surface area contributed by atoms with Gasteiger partial charge in [-0.1, -0.05) is 19.1 Å². The summed E-state index contributed by atoms with van der Waals surface area (Å²) in [4.78, 5) is 22.1. The average Bonchev–Trinajstić information content (AvgIpc) is 3.10. The van der Waals surface area contributed by atoms with Gasteiger partial charge in [0.2, 0.25) is 0 Å². The van der Waals surface area contributed by atoms with Crippen LogP contribution in [0.2, 0.25) is 0 Å². The topological polar surface area (TPSA) is 78.8 Å². The van der Waals surface area contributed by atoms with E-state index >= 15 is 0 Å². The van der Waals surface area contributed by atoms with E-state index in [2.05, 4.69) is 23.0 Å². The Balaban J connectivity index is 1.70. The van der Waals surface area contributed by atoms with Gasteiger partial charge in [-0.2, -0.15) is 5.26 Å². The van der Waals surface area contributed by atoms with Crippen LogP contribution in [0, 0.1) is 11.3 Å². The third kappa shape index (κ3) is 3.58. The molecular formula is C22H21N3O2S. The molecule has 3 aromatic rings. The number of thiophene rings is 1. The number of H-pyrrole nitrogens is 1. The quantitative estimate of drug-likeness (QED) is 0.639. The number of aromatic nitrogens is 2. The molecule has 0 unspecified atom stereocenters. The van der Waals surface area contributed by atoms with Crippen LogP contribution < -0.4 is 10.3 Å². The average molecular weight is 391 g/mol. The van der Waals surface area contributed by atoms with E-state index in [0.29, 0.717) is 23.4 Å². The molecule has 1 N–H and O–H groups in total. The van der Waals surface area contributed by atoms with Crippen molar-refractivity contribution in [2.24, 2.45) is 0 Å². The van der Waals surface area contributed by atoms with Gasteiger partial charge in [0.05, 0.1) is 17.6 Å². The van der Waals surface area contributed by atoms with Gasteiger partial charge < -0.3 is 9.72 Å². The lowest BCUT2D eigenvalue weighted by molar-refractivity contribution is 0.317. The lowest BCUT2D eigenvalue weighted by atomic mass is 9.97. The molecule has 0 aliphatic heterocycles. The summed E-state index contributed by atoms with van der Waals surface area (Å²) in [5, 5.41) is 10.3. The summed E-state index contributed by atoms with van der Waals surface area (Å²) in [5.74, 6) is 1.12. The van der Waals surface area contributed by atoms with E-state index in [9.17, 15) is 10.1 Å². The Morgan fingerprint density at radius 2 is 2.11 bits per heavy atom. The highest BCUT2D eigenvalue weighted by Crippen LogP contribution is 2.34. The van der Waals surface area contributed by atoms with Gasteiger partial charge in [-0.15, -0.1) is 11.3 Å². The second-order valence-electron chi connectivity index (χ2n) is 6.89. The van der Waals surface area contributed by atoms with Gasteiger partial charge in [0.1, 0.15) is 16.6 Å². The van der Waals surface area contributed by atoms with Crippen molar-refractivity contribution in [1.29, 1.82) is 5.26 Å². The standard InChI is InChI=1S/C22H21N3O2S/c1-2-11-27-16-9-7-14(8-10-16)12-15(13-23)20-24-21(26)19-17-5-3-4-6-18(17)28-22(19)25-20/h7-10,12H,2-6,11H2,1H3,(H,24,25,26)/b15-12+. The Bertz CT molecular complexity index is 1130. The fraction of sp³-hybridized carbons (Fsp3) is 0.318. The zero-order valence-electron chi connectivity index (χ0n) is 15.7. The third-order valence-corrected chi connectivity index (χ3v) is 6.05.